The Morgan fingerprint density at radius 3 is 1.87 bits per heavy atom. The van der Waals surface area contributed by atoms with Crippen molar-refractivity contribution in [3.05, 3.63) is 0 Å². The molecule has 0 rings (SSSR count). The van der Waals surface area contributed by atoms with E-state index in [-0.39, 0.29) is 0 Å². The largest absolute Gasteiger partial charge is 0.0654 e. The zero-order valence-electron chi connectivity index (χ0n) is 11.5. The van der Waals surface area contributed by atoms with Crippen LogP contribution in [0.4, 0.5) is 0 Å². The molecule has 0 aromatic rings. The van der Waals surface area contributed by atoms with Gasteiger partial charge in [0.1, 0.15) is 0 Å². The Hall–Kier alpha value is 0. The lowest BCUT2D eigenvalue weighted by molar-refractivity contribution is 0.358. The van der Waals surface area contributed by atoms with E-state index in [1.807, 2.05) is 0 Å². The van der Waals surface area contributed by atoms with Crippen molar-refractivity contribution < 1.29 is 0 Å². The van der Waals surface area contributed by atoms with E-state index in [2.05, 4.69) is 27.7 Å². The van der Waals surface area contributed by atoms with Gasteiger partial charge in [-0.3, -0.25) is 0 Å². The molecule has 0 aliphatic heterocycles. The third-order valence-corrected chi connectivity index (χ3v) is 3.66. The first-order valence-corrected chi connectivity index (χ1v) is 7.24. The number of hydrogen-bond donors (Lipinski definition) is 0. The zero-order valence-corrected chi connectivity index (χ0v) is 11.5. The van der Waals surface area contributed by atoms with Gasteiger partial charge < -0.3 is 0 Å². The summed E-state index contributed by atoms with van der Waals surface area (Å²) in [5.41, 5.74) is 0. The Morgan fingerprint density at radius 2 is 1.33 bits per heavy atom. The van der Waals surface area contributed by atoms with Crippen LogP contribution in [0.1, 0.15) is 85.5 Å². The van der Waals surface area contributed by atoms with Crippen molar-refractivity contribution in [1.82, 2.24) is 0 Å². The van der Waals surface area contributed by atoms with Crippen LogP contribution < -0.4 is 0 Å². The molecule has 0 aromatic heterocycles. The molecule has 0 heterocycles. The summed E-state index contributed by atoms with van der Waals surface area (Å²) in [6.45, 7) is 9.39. The first-order valence-electron chi connectivity index (χ1n) is 7.24. The quantitative estimate of drug-likeness (QED) is 0.429. The van der Waals surface area contributed by atoms with Gasteiger partial charge in [-0.15, -0.1) is 0 Å². The Kier molecular flexibility index (Phi) is 10.5. The molecule has 92 valence electrons. The Balaban J connectivity index is 3.50. The van der Waals surface area contributed by atoms with Crippen molar-refractivity contribution in [3.63, 3.8) is 0 Å². The monoisotopic (exact) mass is 212 g/mol. The van der Waals surface area contributed by atoms with E-state index in [1.54, 1.807) is 0 Å². The highest BCUT2D eigenvalue weighted by atomic mass is 14.1. The third-order valence-electron chi connectivity index (χ3n) is 3.66. The lowest BCUT2D eigenvalue weighted by atomic mass is 9.89. The van der Waals surface area contributed by atoms with E-state index in [0.717, 1.165) is 11.8 Å². The molecule has 0 aliphatic rings. The standard InChI is InChI=1S/C15H32/c1-5-8-10-14(4)12-13-15(7-3)11-9-6-2/h14-15H,5-13H2,1-4H3. The molecule has 0 aromatic carbocycles. The van der Waals surface area contributed by atoms with Gasteiger partial charge in [-0.05, 0) is 11.8 Å². The maximum Gasteiger partial charge on any atom is -0.0417 e. The van der Waals surface area contributed by atoms with Crippen LogP contribution in [0.2, 0.25) is 0 Å². The predicted octanol–water partition coefficient (Wildman–Crippen LogP) is 5.81. The van der Waals surface area contributed by atoms with Crippen molar-refractivity contribution in [1.29, 1.82) is 0 Å². The summed E-state index contributed by atoms with van der Waals surface area (Å²) in [5, 5.41) is 0. The van der Waals surface area contributed by atoms with Gasteiger partial charge in [0.25, 0.3) is 0 Å². The number of hydrogen-bond acceptors (Lipinski definition) is 0. The van der Waals surface area contributed by atoms with E-state index < -0.39 is 0 Å². The summed E-state index contributed by atoms with van der Waals surface area (Å²) < 4.78 is 0. The summed E-state index contributed by atoms with van der Waals surface area (Å²) in [5.74, 6) is 1.97. The minimum atomic E-state index is 0.959. The molecule has 0 bridgehead atoms. The van der Waals surface area contributed by atoms with Crippen LogP contribution in [0.3, 0.4) is 0 Å². The first kappa shape index (κ1) is 15.0. The van der Waals surface area contributed by atoms with Crippen LogP contribution in [0, 0.1) is 11.8 Å². The molecule has 0 amide bonds. The number of rotatable bonds is 10. The second kappa shape index (κ2) is 10.5. The fraction of sp³-hybridized carbons (Fsp3) is 1.00. The molecule has 0 radical (unpaired) electrons. The van der Waals surface area contributed by atoms with Crippen LogP contribution in [-0.2, 0) is 0 Å². The normalized spacial score (nSPS) is 15.2. The molecule has 0 fully saturated rings. The van der Waals surface area contributed by atoms with E-state index in [9.17, 15) is 0 Å². The highest BCUT2D eigenvalue weighted by molar-refractivity contribution is 4.61. The van der Waals surface area contributed by atoms with Crippen LogP contribution in [0.15, 0.2) is 0 Å². The van der Waals surface area contributed by atoms with Crippen molar-refractivity contribution >= 4 is 0 Å². The molecular weight excluding hydrogens is 180 g/mol. The van der Waals surface area contributed by atoms with Crippen molar-refractivity contribution in [3.8, 4) is 0 Å². The van der Waals surface area contributed by atoms with E-state index >= 15 is 0 Å². The van der Waals surface area contributed by atoms with Crippen molar-refractivity contribution in [2.75, 3.05) is 0 Å². The average Bonchev–Trinajstić information content (AvgIpc) is 2.26. The smallest absolute Gasteiger partial charge is 0.0417 e. The SMILES string of the molecule is CCCCC(C)CCC(CC)CCCC. The highest BCUT2D eigenvalue weighted by Gasteiger charge is 2.08. The second-order valence-corrected chi connectivity index (χ2v) is 5.24. The highest BCUT2D eigenvalue weighted by Crippen LogP contribution is 2.23. The maximum atomic E-state index is 2.43. The topological polar surface area (TPSA) is 0 Å². The summed E-state index contributed by atoms with van der Waals surface area (Å²) in [4.78, 5) is 0. The van der Waals surface area contributed by atoms with Crippen LogP contribution >= 0.6 is 0 Å². The molecule has 0 saturated heterocycles. The van der Waals surface area contributed by atoms with Gasteiger partial charge in [0.2, 0.25) is 0 Å². The molecule has 0 heteroatoms. The Morgan fingerprint density at radius 1 is 0.733 bits per heavy atom. The van der Waals surface area contributed by atoms with Crippen LogP contribution in [0.5, 0.6) is 0 Å². The van der Waals surface area contributed by atoms with Crippen LogP contribution in [0.25, 0.3) is 0 Å². The van der Waals surface area contributed by atoms with E-state index in [0.29, 0.717) is 0 Å². The second-order valence-electron chi connectivity index (χ2n) is 5.24. The van der Waals surface area contributed by atoms with Gasteiger partial charge in [-0.2, -0.15) is 0 Å². The molecular formula is C15H32. The van der Waals surface area contributed by atoms with Gasteiger partial charge in [0.05, 0.1) is 0 Å². The molecule has 2 atom stereocenters. The molecule has 2 unspecified atom stereocenters. The molecule has 0 aliphatic carbocycles. The van der Waals surface area contributed by atoms with Gasteiger partial charge >= 0.3 is 0 Å². The molecule has 0 nitrogen and oxygen atoms in total. The van der Waals surface area contributed by atoms with Gasteiger partial charge in [0, 0.05) is 0 Å². The summed E-state index contributed by atoms with van der Waals surface area (Å²) in [7, 11) is 0. The average molecular weight is 212 g/mol. The molecule has 15 heavy (non-hydrogen) atoms. The minimum absolute atomic E-state index is 0.959. The fourth-order valence-electron chi connectivity index (χ4n) is 2.26. The molecule has 0 spiro atoms. The first-order chi connectivity index (χ1) is 7.24. The maximum absolute atomic E-state index is 2.43. The zero-order chi connectivity index (χ0) is 11.5. The molecule has 0 N–H and O–H groups in total. The van der Waals surface area contributed by atoms with Gasteiger partial charge in [0.15, 0.2) is 0 Å². The Labute approximate surface area is 97.8 Å². The van der Waals surface area contributed by atoms with E-state index in [4.69, 9.17) is 0 Å². The van der Waals surface area contributed by atoms with Crippen LogP contribution in [-0.4, -0.2) is 0 Å². The Bertz CT molecular complexity index is 117. The lowest BCUT2D eigenvalue weighted by Crippen LogP contribution is -2.03. The lowest BCUT2D eigenvalue weighted by Gasteiger charge is -2.17. The summed E-state index contributed by atoms with van der Waals surface area (Å²) in [6.07, 6.45) is 12.8. The number of unbranched alkanes of at least 4 members (excludes halogenated alkanes) is 2. The summed E-state index contributed by atoms with van der Waals surface area (Å²) >= 11 is 0. The van der Waals surface area contributed by atoms with E-state index in [1.165, 1.54) is 57.8 Å². The van der Waals surface area contributed by atoms with Crippen molar-refractivity contribution in [2.45, 2.75) is 85.5 Å². The van der Waals surface area contributed by atoms with Gasteiger partial charge in [-0.1, -0.05) is 85.5 Å². The third kappa shape index (κ3) is 8.96. The minimum Gasteiger partial charge on any atom is -0.0654 e. The van der Waals surface area contributed by atoms with Gasteiger partial charge in [-0.25, -0.2) is 0 Å². The molecule has 0 saturated carbocycles. The predicted molar refractivity (Wildman–Crippen MR) is 71.2 cm³/mol. The summed E-state index contributed by atoms with van der Waals surface area (Å²) in [6, 6.07) is 0. The van der Waals surface area contributed by atoms with Crippen molar-refractivity contribution in [2.24, 2.45) is 11.8 Å². The fourth-order valence-corrected chi connectivity index (χ4v) is 2.26.